The zero-order chi connectivity index (χ0) is 23.7. The van der Waals surface area contributed by atoms with Crippen LogP contribution in [0.5, 0.6) is 0 Å². The molecule has 0 unspecified atom stereocenters. The Morgan fingerprint density at radius 1 is 0.971 bits per heavy atom. The van der Waals surface area contributed by atoms with Crippen LogP contribution < -0.4 is 4.90 Å². The van der Waals surface area contributed by atoms with Crippen molar-refractivity contribution in [2.75, 3.05) is 19.0 Å². The molecule has 5 rings (SSSR count). The minimum absolute atomic E-state index is 0.673. The highest BCUT2D eigenvalue weighted by atomic mass is 15.3. The number of aromatic amines is 1. The lowest BCUT2D eigenvalue weighted by molar-refractivity contribution is 0.432. The summed E-state index contributed by atoms with van der Waals surface area (Å²) < 4.78 is 1.77. The van der Waals surface area contributed by atoms with Gasteiger partial charge in [0, 0.05) is 50.3 Å². The SMILES string of the molecule is BN(Cc1nc(-c2cccc(C)n2)c(-c2ccc3ncnn3c2)[nH]1)Cc1ccccc1N(C)C. The van der Waals surface area contributed by atoms with Gasteiger partial charge in [-0.25, -0.2) is 14.5 Å². The third-order valence-electron chi connectivity index (χ3n) is 5.78. The van der Waals surface area contributed by atoms with Gasteiger partial charge in [-0.05, 0) is 42.8 Å². The van der Waals surface area contributed by atoms with Crippen LogP contribution >= 0.6 is 0 Å². The number of anilines is 1. The molecule has 1 aromatic carbocycles. The van der Waals surface area contributed by atoms with Crippen molar-refractivity contribution in [3.05, 3.63) is 84.2 Å². The largest absolute Gasteiger partial charge is 0.377 e. The van der Waals surface area contributed by atoms with Gasteiger partial charge in [-0.15, -0.1) is 0 Å². The quantitative estimate of drug-likeness (QED) is 0.384. The number of hydrogen-bond donors (Lipinski definition) is 1. The number of imidazole rings is 1. The second kappa shape index (κ2) is 9.11. The van der Waals surface area contributed by atoms with Gasteiger partial charge in [0.05, 0.1) is 11.4 Å². The topological polar surface area (TPSA) is 78.2 Å². The Morgan fingerprint density at radius 2 is 1.82 bits per heavy atom. The van der Waals surface area contributed by atoms with Crippen molar-refractivity contribution in [3.8, 4) is 22.6 Å². The summed E-state index contributed by atoms with van der Waals surface area (Å²) in [7, 11) is 6.26. The number of nitrogens with one attached hydrogen (secondary N) is 1. The van der Waals surface area contributed by atoms with Crippen LogP contribution in [0.1, 0.15) is 17.1 Å². The fourth-order valence-electron chi connectivity index (χ4n) is 4.21. The highest BCUT2D eigenvalue weighted by molar-refractivity contribution is 6.04. The van der Waals surface area contributed by atoms with E-state index in [1.54, 1.807) is 10.8 Å². The first-order chi connectivity index (χ1) is 16.5. The van der Waals surface area contributed by atoms with Gasteiger partial charge in [0.15, 0.2) is 13.6 Å². The molecule has 0 radical (unpaired) electrons. The molecule has 0 saturated heterocycles. The van der Waals surface area contributed by atoms with E-state index >= 15 is 0 Å². The summed E-state index contributed by atoms with van der Waals surface area (Å²) in [5.74, 6) is 0.886. The van der Waals surface area contributed by atoms with Crippen molar-refractivity contribution in [2.45, 2.75) is 20.0 Å². The summed E-state index contributed by atoms with van der Waals surface area (Å²) in [6.07, 6.45) is 3.52. The Bertz CT molecular complexity index is 1440. The lowest BCUT2D eigenvalue weighted by Crippen LogP contribution is -2.22. The molecule has 34 heavy (non-hydrogen) atoms. The maximum absolute atomic E-state index is 4.99. The zero-order valence-electron chi connectivity index (χ0n) is 19.9. The second-order valence-corrected chi connectivity index (χ2v) is 8.75. The molecule has 4 aromatic heterocycles. The summed E-state index contributed by atoms with van der Waals surface area (Å²) >= 11 is 0. The fraction of sp³-hybridized carbons (Fsp3) is 0.200. The maximum atomic E-state index is 4.99. The average molecular weight is 450 g/mol. The summed E-state index contributed by atoms with van der Waals surface area (Å²) in [4.78, 5) is 22.0. The highest BCUT2D eigenvalue weighted by Gasteiger charge is 2.17. The van der Waals surface area contributed by atoms with Gasteiger partial charge in [0.25, 0.3) is 0 Å². The van der Waals surface area contributed by atoms with Crippen LogP contribution in [-0.4, -0.2) is 56.4 Å². The lowest BCUT2D eigenvalue weighted by Gasteiger charge is -2.21. The summed E-state index contributed by atoms with van der Waals surface area (Å²) in [5, 5.41) is 4.29. The third-order valence-corrected chi connectivity index (χ3v) is 5.78. The van der Waals surface area contributed by atoms with E-state index in [4.69, 9.17) is 9.97 Å². The Balaban J connectivity index is 1.49. The fourth-order valence-corrected chi connectivity index (χ4v) is 4.21. The van der Waals surface area contributed by atoms with Crippen molar-refractivity contribution < 1.29 is 0 Å². The Kier molecular flexibility index (Phi) is 5.85. The molecule has 0 aliphatic heterocycles. The van der Waals surface area contributed by atoms with E-state index in [-0.39, 0.29) is 0 Å². The van der Waals surface area contributed by atoms with Gasteiger partial charge in [0.2, 0.25) is 0 Å². The predicted molar refractivity (Wildman–Crippen MR) is 137 cm³/mol. The van der Waals surface area contributed by atoms with Gasteiger partial charge in [-0.3, -0.25) is 4.98 Å². The lowest BCUT2D eigenvalue weighted by atomic mass is 10.1. The van der Waals surface area contributed by atoms with Gasteiger partial charge in [0.1, 0.15) is 17.8 Å². The molecule has 1 N–H and O–H groups in total. The van der Waals surface area contributed by atoms with Crippen molar-refractivity contribution in [3.63, 3.8) is 0 Å². The second-order valence-electron chi connectivity index (χ2n) is 8.75. The first-order valence-corrected chi connectivity index (χ1v) is 11.2. The molecule has 0 bridgehead atoms. The first-order valence-electron chi connectivity index (χ1n) is 11.2. The van der Waals surface area contributed by atoms with Crippen LogP contribution in [0.3, 0.4) is 0 Å². The molecule has 170 valence electrons. The molecule has 4 heterocycles. The number of pyridine rings is 2. The third kappa shape index (κ3) is 4.42. The Labute approximate surface area is 199 Å². The molecule has 0 amide bonds. The normalized spacial score (nSPS) is 11.4. The molecule has 5 aromatic rings. The predicted octanol–water partition coefficient (Wildman–Crippen LogP) is 3.11. The van der Waals surface area contributed by atoms with Crippen LogP contribution in [0.4, 0.5) is 5.69 Å². The van der Waals surface area contributed by atoms with Crippen molar-refractivity contribution in [2.24, 2.45) is 0 Å². The number of benzene rings is 1. The van der Waals surface area contributed by atoms with Crippen LogP contribution in [-0.2, 0) is 13.1 Å². The number of rotatable bonds is 7. The molecule has 0 spiro atoms. The zero-order valence-corrected chi connectivity index (χ0v) is 19.9. The molecule has 8 nitrogen and oxygen atoms in total. The number of fused-ring (bicyclic) bond motifs is 1. The molecule has 9 heteroatoms. The molecular weight excluding hydrogens is 423 g/mol. The number of aryl methyl sites for hydroxylation is 1. The van der Waals surface area contributed by atoms with Crippen LogP contribution in [0.2, 0.25) is 0 Å². The van der Waals surface area contributed by atoms with Gasteiger partial charge >= 0.3 is 0 Å². The van der Waals surface area contributed by atoms with Gasteiger partial charge in [-0.1, -0.05) is 24.3 Å². The molecule has 0 saturated carbocycles. The van der Waals surface area contributed by atoms with Gasteiger partial charge < -0.3 is 14.7 Å². The number of para-hydroxylation sites is 1. The van der Waals surface area contributed by atoms with E-state index in [1.165, 1.54) is 11.3 Å². The highest BCUT2D eigenvalue weighted by Crippen LogP contribution is 2.30. The monoisotopic (exact) mass is 450 g/mol. The number of aromatic nitrogens is 6. The van der Waals surface area contributed by atoms with E-state index in [1.807, 2.05) is 43.5 Å². The number of H-pyrrole nitrogens is 1. The van der Waals surface area contributed by atoms with E-state index in [2.05, 4.69) is 71.1 Å². The minimum Gasteiger partial charge on any atom is -0.377 e. The summed E-state index contributed by atoms with van der Waals surface area (Å²) in [5.41, 5.74) is 7.84. The van der Waals surface area contributed by atoms with Crippen LogP contribution in [0, 0.1) is 6.92 Å². The molecular formula is C25H27BN8. The van der Waals surface area contributed by atoms with E-state index in [9.17, 15) is 0 Å². The van der Waals surface area contributed by atoms with Gasteiger partial charge in [-0.2, -0.15) is 5.10 Å². The smallest absolute Gasteiger partial charge is 0.186 e. The number of hydrogen-bond acceptors (Lipinski definition) is 6. The van der Waals surface area contributed by atoms with E-state index in [0.717, 1.165) is 46.4 Å². The van der Waals surface area contributed by atoms with E-state index < -0.39 is 0 Å². The Hall–Kier alpha value is -3.98. The molecule has 0 fully saturated rings. The van der Waals surface area contributed by atoms with Crippen LogP contribution in [0.15, 0.2) is 67.1 Å². The maximum Gasteiger partial charge on any atom is 0.186 e. The standard InChI is InChI=1S/C25H27BN8/c1-17-7-6-9-20(29-17)25-24(19-11-12-23-27-16-28-34(23)14-19)30-22(31-25)15-33(26)13-18-8-4-5-10-21(18)32(2)3/h4-12,14,16H,13,15,26H2,1-3H3,(H,30,31). The first kappa shape index (κ1) is 21.8. The van der Waals surface area contributed by atoms with Crippen molar-refractivity contribution >= 4 is 19.3 Å². The van der Waals surface area contributed by atoms with Crippen molar-refractivity contribution in [1.29, 1.82) is 0 Å². The van der Waals surface area contributed by atoms with E-state index in [0.29, 0.717) is 6.54 Å². The minimum atomic E-state index is 0.673. The summed E-state index contributed by atoms with van der Waals surface area (Å²) in [6, 6.07) is 18.5. The molecule has 0 aliphatic rings. The average Bonchev–Trinajstić information content (AvgIpc) is 3.45. The molecule has 0 atom stereocenters. The summed E-state index contributed by atoms with van der Waals surface area (Å²) in [6.45, 7) is 3.48. The Morgan fingerprint density at radius 3 is 2.65 bits per heavy atom. The molecule has 0 aliphatic carbocycles. The van der Waals surface area contributed by atoms with Crippen molar-refractivity contribution in [1.82, 2.24) is 34.4 Å². The van der Waals surface area contributed by atoms with Crippen LogP contribution in [0.25, 0.3) is 28.3 Å². The number of nitrogens with zero attached hydrogens (tertiary/aromatic N) is 7.